The van der Waals surface area contributed by atoms with Gasteiger partial charge in [-0.15, -0.1) is 0 Å². The number of rotatable bonds is 4. The van der Waals surface area contributed by atoms with Gasteiger partial charge < -0.3 is 10.0 Å². The third kappa shape index (κ3) is 2.72. The second kappa shape index (κ2) is 6.29. The van der Waals surface area contributed by atoms with E-state index in [1.165, 1.54) is 11.3 Å². The van der Waals surface area contributed by atoms with Crippen LogP contribution in [0.5, 0.6) is 0 Å². The van der Waals surface area contributed by atoms with Crippen LogP contribution in [-0.4, -0.2) is 27.9 Å². The Morgan fingerprint density at radius 1 is 1.27 bits per heavy atom. The summed E-state index contributed by atoms with van der Waals surface area (Å²) in [6.45, 7) is 0. The zero-order valence-electron chi connectivity index (χ0n) is 12.4. The van der Waals surface area contributed by atoms with Crippen molar-refractivity contribution >= 4 is 23.5 Å². The molecule has 1 saturated carbocycles. The van der Waals surface area contributed by atoms with Gasteiger partial charge in [-0.25, -0.2) is 4.79 Å². The first-order valence-corrected chi connectivity index (χ1v) is 8.31. The number of carboxylic acids is 1. The van der Waals surface area contributed by atoms with E-state index in [2.05, 4.69) is 0 Å². The van der Waals surface area contributed by atoms with Gasteiger partial charge in [0.25, 0.3) is 5.91 Å². The van der Waals surface area contributed by atoms with Crippen LogP contribution in [0, 0.1) is 5.92 Å². The third-order valence-corrected chi connectivity index (χ3v) is 5.27. The zero-order chi connectivity index (χ0) is 15.7. The standard InChI is InChI=1S/C17H20ClNO3/c18-15-12-8-4-5-9-13(12)16(20)19(15)14(17(21)22)10-11-6-2-1-3-7-11/h4-5,8-9,11,14-15H,1-3,6-7,10H2,(H,21,22)/t14-,15?/m0/s1. The topological polar surface area (TPSA) is 57.6 Å². The number of carboxylic acid groups (broad SMARTS) is 1. The van der Waals surface area contributed by atoms with Gasteiger partial charge in [-0.3, -0.25) is 4.79 Å². The lowest BCUT2D eigenvalue weighted by atomic mass is 9.84. The highest BCUT2D eigenvalue weighted by Crippen LogP contribution is 2.40. The van der Waals surface area contributed by atoms with Crippen molar-refractivity contribution in [3.05, 3.63) is 35.4 Å². The molecule has 2 aliphatic rings. The molecule has 0 aromatic heterocycles. The van der Waals surface area contributed by atoms with Crippen molar-refractivity contribution in [3.63, 3.8) is 0 Å². The second-order valence-corrected chi connectivity index (χ2v) is 6.64. The zero-order valence-corrected chi connectivity index (χ0v) is 13.1. The summed E-state index contributed by atoms with van der Waals surface area (Å²) in [7, 11) is 0. The lowest BCUT2D eigenvalue weighted by Crippen LogP contribution is -2.43. The molecule has 1 unspecified atom stereocenters. The second-order valence-electron chi connectivity index (χ2n) is 6.23. The third-order valence-electron chi connectivity index (χ3n) is 4.83. The Balaban J connectivity index is 1.83. The van der Waals surface area contributed by atoms with Gasteiger partial charge in [0.15, 0.2) is 0 Å². The number of carbonyl (C=O) groups excluding carboxylic acids is 1. The maximum absolute atomic E-state index is 12.6. The Bertz CT molecular complexity index is 583. The predicted octanol–water partition coefficient (Wildman–Crippen LogP) is 3.80. The van der Waals surface area contributed by atoms with Gasteiger partial charge in [0.05, 0.1) is 0 Å². The van der Waals surface area contributed by atoms with E-state index >= 15 is 0 Å². The first-order valence-electron chi connectivity index (χ1n) is 7.88. The van der Waals surface area contributed by atoms with E-state index in [1.807, 2.05) is 6.07 Å². The Morgan fingerprint density at radius 3 is 2.59 bits per heavy atom. The minimum absolute atomic E-state index is 0.265. The summed E-state index contributed by atoms with van der Waals surface area (Å²) in [5.74, 6) is -0.855. The fourth-order valence-corrected chi connectivity index (χ4v) is 4.08. The number of alkyl halides is 1. The lowest BCUT2D eigenvalue weighted by Gasteiger charge is -2.31. The Morgan fingerprint density at radius 2 is 1.95 bits per heavy atom. The molecule has 118 valence electrons. The number of nitrogens with zero attached hydrogens (tertiary/aromatic N) is 1. The van der Waals surface area contributed by atoms with Gasteiger partial charge in [0, 0.05) is 11.1 Å². The largest absolute Gasteiger partial charge is 0.480 e. The van der Waals surface area contributed by atoms with Crippen molar-refractivity contribution in [2.45, 2.75) is 50.1 Å². The van der Waals surface area contributed by atoms with Crippen LogP contribution in [0.4, 0.5) is 0 Å². The minimum atomic E-state index is -0.961. The van der Waals surface area contributed by atoms with Crippen molar-refractivity contribution in [1.29, 1.82) is 0 Å². The summed E-state index contributed by atoms with van der Waals surface area (Å²) in [6.07, 6.45) is 6.11. The molecule has 0 spiro atoms. The molecule has 4 nitrogen and oxygen atoms in total. The molecule has 0 saturated heterocycles. The first-order chi connectivity index (χ1) is 10.6. The van der Waals surface area contributed by atoms with E-state index in [9.17, 15) is 14.7 Å². The fourth-order valence-electron chi connectivity index (χ4n) is 3.66. The van der Waals surface area contributed by atoms with Crippen molar-refractivity contribution in [3.8, 4) is 0 Å². The molecule has 1 amide bonds. The van der Waals surface area contributed by atoms with E-state index < -0.39 is 17.5 Å². The molecule has 1 heterocycles. The summed E-state index contributed by atoms with van der Waals surface area (Å²) < 4.78 is 0. The van der Waals surface area contributed by atoms with Gasteiger partial charge in [-0.2, -0.15) is 0 Å². The van der Waals surface area contributed by atoms with E-state index in [0.29, 0.717) is 23.5 Å². The van der Waals surface area contributed by atoms with Crippen LogP contribution in [0.25, 0.3) is 0 Å². The summed E-state index contributed by atoms with van der Waals surface area (Å²) in [4.78, 5) is 25.7. The van der Waals surface area contributed by atoms with E-state index in [4.69, 9.17) is 11.6 Å². The Hall–Kier alpha value is -1.55. The lowest BCUT2D eigenvalue weighted by molar-refractivity contribution is -0.143. The normalized spacial score (nSPS) is 23.4. The van der Waals surface area contributed by atoms with Crippen molar-refractivity contribution in [2.24, 2.45) is 5.92 Å². The number of amides is 1. The number of carbonyl (C=O) groups is 2. The molecule has 22 heavy (non-hydrogen) atoms. The van der Waals surface area contributed by atoms with E-state index in [1.54, 1.807) is 18.2 Å². The van der Waals surface area contributed by atoms with Crippen LogP contribution < -0.4 is 0 Å². The van der Waals surface area contributed by atoms with Crippen LogP contribution >= 0.6 is 11.6 Å². The molecule has 0 radical (unpaired) electrons. The van der Waals surface area contributed by atoms with Crippen LogP contribution in [-0.2, 0) is 4.79 Å². The van der Waals surface area contributed by atoms with Crippen LogP contribution in [0.3, 0.4) is 0 Å². The Kier molecular flexibility index (Phi) is 4.39. The van der Waals surface area contributed by atoms with Crippen molar-refractivity contribution in [1.82, 2.24) is 4.90 Å². The molecule has 1 aromatic carbocycles. The van der Waals surface area contributed by atoms with E-state index in [-0.39, 0.29) is 5.91 Å². The molecular formula is C17H20ClNO3. The van der Waals surface area contributed by atoms with Gasteiger partial charge in [0.1, 0.15) is 11.5 Å². The summed E-state index contributed by atoms with van der Waals surface area (Å²) >= 11 is 6.40. The summed E-state index contributed by atoms with van der Waals surface area (Å²) in [5.41, 5.74) is 0.551. The summed E-state index contributed by atoms with van der Waals surface area (Å²) in [6, 6.07) is 6.27. The van der Waals surface area contributed by atoms with Gasteiger partial charge in [0.2, 0.25) is 0 Å². The monoisotopic (exact) mass is 321 g/mol. The highest BCUT2D eigenvalue weighted by molar-refractivity contribution is 6.24. The van der Waals surface area contributed by atoms with Crippen molar-refractivity contribution in [2.75, 3.05) is 0 Å². The Labute approximate surface area is 135 Å². The highest BCUT2D eigenvalue weighted by Gasteiger charge is 2.43. The maximum atomic E-state index is 12.6. The molecule has 1 N–H and O–H groups in total. The average Bonchev–Trinajstić information content (AvgIpc) is 2.78. The number of benzene rings is 1. The molecule has 1 aromatic rings. The number of hydrogen-bond acceptors (Lipinski definition) is 2. The smallest absolute Gasteiger partial charge is 0.326 e. The van der Waals surface area contributed by atoms with Crippen molar-refractivity contribution < 1.29 is 14.7 Å². The molecular weight excluding hydrogens is 302 g/mol. The van der Waals surface area contributed by atoms with E-state index in [0.717, 1.165) is 25.7 Å². The molecule has 5 heteroatoms. The first kappa shape index (κ1) is 15.3. The number of halogens is 1. The maximum Gasteiger partial charge on any atom is 0.326 e. The average molecular weight is 322 g/mol. The molecule has 1 fully saturated rings. The highest BCUT2D eigenvalue weighted by atomic mass is 35.5. The van der Waals surface area contributed by atoms with Crippen LogP contribution in [0.2, 0.25) is 0 Å². The molecule has 3 rings (SSSR count). The van der Waals surface area contributed by atoms with Gasteiger partial charge >= 0.3 is 5.97 Å². The SMILES string of the molecule is O=C(O)[C@H](CC1CCCCC1)N1C(=O)c2ccccc2C1Cl. The molecule has 2 atom stereocenters. The number of fused-ring (bicyclic) bond motifs is 1. The minimum Gasteiger partial charge on any atom is -0.480 e. The van der Waals surface area contributed by atoms with Gasteiger partial charge in [-0.1, -0.05) is 61.9 Å². The molecule has 1 aliphatic carbocycles. The predicted molar refractivity (Wildman–Crippen MR) is 83.8 cm³/mol. The fraction of sp³-hybridized carbons (Fsp3) is 0.529. The quantitative estimate of drug-likeness (QED) is 0.677. The number of aliphatic carboxylic acids is 1. The van der Waals surface area contributed by atoms with Crippen LogP contribution in [0.15, 0.2) is 24.3 Å². The van der Waals surface area contributed by atoms with Crippen LogP contribution in [0.1, 0.15) is 59.9 Å². The molecule has 0 bridgehead atoms. The summed E-state index contributed by atoms with van der Waals surface area (Å²) in [5, 5.41) is 9.63. The number of hydrogen-bond donors (Lipinski definition) is 1. The van der Waals surface area contributed by atoms with Gasteiger partial charge in [-0.05, 0) is 18.4 Å². The molecule has 1 aliphatic heterocycles.